The topological polar surface area (TPSA) is 84.8 Å². The molecule has 6 heteroatoms. The zero-order valence-electron chi connectivity index (χ0n) is 9.61. The van der Waals surface area contributed by atoms with Gasteiger partial charge in [-0.25, -0.2) is 9.48 Å². The van der Waals surface area contributed by atoms with Crippen molar-refractivity contribution in [3.63, 3.8) is 0 Å². The van der Waals surface area contributed by atoms with E-state index in [0.29, 0.717) is 12.5 Å². The van der Waals surface area contributed by atoms with Crippen LogP contribution in [0.4, 0.5) is 0 Å². The van der Waals surface area contributed by atoms with Gasteiger partial charge in [-0.3, -0.25) is 14.6 Å². The Balaban J connectivity index is 3.10. The minimum atomic E-state index is -0.724. The maximum Gasteiger partial charge on any atom is 0.344 e. The number of carbonyl (C=O) groups is 1. The van der Waals surface area contributed by atoms with E-state index in [1.54, 1.807) is 0 Å². The van der Waals surface area contributed by atoms with Crippen molar-refractivity contribution in [3.8, 4) is 0 Å². The second kappa shape index (κ2) is 4.87. The molecule has 0 bridgehead atoms. The summed E-state index contributed by atoms with van der Waals surface area (Å²) in [4.78, 5) is 35.7. The van der Waals surface area contributed by atoms with Gasteiger partial charge in [-0.05, 0) is 12.3 Å². The smallest absolute Gasteiger partial charge is 0.292 e. The predicted molar refractivity (Wildman–Crippen MR) is 58.6 cm³/mol. The molecule has 0 saturated heterocycles. The first-order valence-corrected chi connectivity index (χ1v) is 5.14. The van der Waals surface area contributed by atoms with Crippen molar-refractivity contribution in [1.29, 1.82) is 0 Å². The Morgan fingerprint density at radius 1 is 1.44 bits per heavy atom. The van der Waals surface area contributed by atoms with Crippen molar-refractivity contribution in [2.24, 2.45) is 5.92 Å². The van der Waals surface area contributed by atoms with E-state index in [1.165, 1.54) is 6.92 Å². The van der Waals surface area contributed by atoms with Gasteiger partial charge in [0, 0.05) is 13.5 Å². The number of nitrogens with one attached hydrogen (secondary N) is 1. The quantitative estimate of drug-likeness (QED) is 0.741. The van der Waals surface area contributed by atoms with E-state index in [-0.39, 0.29) is 5.69 Å². The average Bonchev–Trinajstić information content (AvgIpc) is 2.15. The molecule has 0 aliphatic rings. The average molecular weight is 225 g/mol. The van der Waals surface area contributed by atoms with Gasteiger partial charge in [0.25, 0.3) is 5.56 Å². The van der Waals surface area contributed by atoms with Gasteiger partial charge >= 0.3 is 5.69 Å². The van der Waals surface area contributed by atoms with E-state index in [4.69, 9.17) is 0 Å². The van der Waals surface area contributed by atoms with Crippen LogP contribution in [0.1, 0.15) is 37.7 Å². The molecule has 0 aliphatic carbocycles. The number of hydrogen-bond donors (Lipinski definition) is 1. The Kier molecular flexibility index (Phi) is 3.76. The third kappa shape index (κ3) is 2.88. The van der Waals surface area contributed by atoms with E-state index >= 15 is 0 Å². The normalized spacial score (nSPS) is 10.8. The van der Waals surface area contributed by atoms with Crippen molar-refractivity contribution in [2.45, 2.75) is 33.7 Å². The van der Waals surface area contributed by atoms with E-state index in [2.05, 4.69) is 10.1 Å². The molecule has 0 aromatic carbocycles. The molecule has 0 atom stereocenters. The lowest BCUT2D eigenvalue weighted by Gasteiger charge is -2.06. The number of aromatic amines is 1. The number of nitrogens with zero attached hydrogens (tertiary/aromatic N) is 2. The molecule has 0 radical (unpaired) electrons. The van der Waals surface area contributed by atoms with Crippen LogP contribution < -0.4 is 11.2 Å². The second-order valence-corrected chi connectivity index (χ2v) is 4.07. The monoisotopic (exact) mass is 225 g/mol. The first-order valence-electron chi connectivity index (χ1n) is 5.14. The zero-order valence-corrected chi connectivity index (χ0v) is 9.61. The molecule has 0 unspecified atom stereocenters. The van der Waals surface area contributed by atoms with Gasteiger partial charge in [-0.15, -0.1) is 0 Å². The summed E-state index contributed by atoms with van der Waals surface area (Å²) in [6.45, 7) is 5.67. The van der Waals surface area contributed by atoms with Gasteiger partial charge in [0.1, 0.15) is 0 Å². The zero-order chi connectivity index (χ0) is 12.3. The Labute approximate surface area is 92.3 Å². The van der Waals surface area contributed by atoms with Crippen LogP contribution in [0.25, 0.3) is 0 Å². The van der Waals surface area contributed by atoms with Crippen LogP contribution in [0, 0.1) is 5.92 Å². The molecule has 16 heavy (non-hydrogen) atoms. The SMILES string of the molecule is CC(=O)c1nn(CCC(C)C)c(=O)[nH]c1=O. The van der Waals surface area contributed by atoms with Crippen LogP contribution in [0.2, 0.25) is 0 Å². The first kappa shape index (κ1) is 12.4. The number of carbonyl (C=O) groups excluding carboxylic acids is 1. The van der Waals surface area contributed by atoms with E-state index in [9.17, 15) is 14.4 Å². The Hall–Kier alpha value is -1.72. The van der Waals surface area contributed by atoms with E-state index in [0.717, 1.165) is 11.1 Å². The number of H-pyrrole nitrogens is 1. The molecule has 1 aromatic rings. The maximum absolute atomic E-state index is 11.4. The van der Waals surface area contributed by atoms with Gasteiger partial charge in [-0.1, -0.05) is 13.8 Å². The summed E-state index contributed by atoms with van der Waals surface area (Å²) >= 11 is 0. The minimum Gasteiger partial charge on any atom is -0.292 e. The Morgan fingerprint density at radius 2 is 2.06 bits per heavy atom. The molecular weight excluding hydrogens is 210 g/mol. The molecule has 88 valence electrons. The molecule has 0 amide bonds. The lowest BCUT2D eigenvalue weighted by atomic mass is 10.1. The molecule has 1 heterocycles. The highest BCUT2D eigenvalue weighted by Crippen LogP contribution is 1.99. The van der Waals surface area contributed by atoms with Crippen LogP contribution in [0.3, 0.4) is 0 Å². The number of hydrogen-bond acceptors (Lipinski definition) is 4. The first-order chi connectivity index (χ1) is 7.41. The summed E-state index contributed by atoms with van der Waals surface area (Å²) < 4.78 is 1.12. The van der Waals surface area contributed by atoms with E-state index < -0.39 is 17.0 Å². The van der Waals surface area contributed by atoms with Crippen molar-refractivity contribution < 1.29 is 4.79 Å². The third-order valence-corrected chi connectivity index (χ3v) is 2.14. The van der Waals surface area contributed by atoms with Crippen LogP contribution in [-0.2, 0) is 6.54 Å². The van der Waals surface area contributed by atoms with Gasteiger partial charge in [0.2, 0.25) is 0 Å². The standard InChI is InChI=1S/C10H15N3O3/c1-6(2)4-5-13-10(16)11-9(15)8(12-13)7(3)14/h6H,4-5H2,1-3H3,(H,11,15,16). The summed E-state index contributed by atoms with van der Waals surface area (Å²) in [5.74, 6) is -0.0269. The lowest BCUT2D eigenvalue weighted by Crippen LogP contribution is -2.36. The molecule has 1 aromatic heterocycles. The number of aryl methyl sites for hydroxylation is 1. The van der Waals surface area contributed by atoms with Crippen molar-refractivity contribution in [1.82, 2.24) is 14.8 Å². The molecule has 0 saturated carbocycles. The second-order valence-electron chi connectivity index (χ2n) is 4.07. The number of ketones is 1. The summed E-state index contributed by atoms with van der Waals surface area (Å²) in [5, 5.41) is 3.75. The maximum atomic E-state index is 11.4. The molecule has 0 aliphatic heterocycles. The van der Waals surface area contributed by atoms with E-state index in [1.807, 2.05) is 13.8 Å². The highest BCUT2D eigenvalue weighted by atomic mass is 16.2. The largest absolute Gasteiger partial charge is 0.344 e. The van der Waals surface area contributed by atoms with Gasteiger partial charge in [0.15, 0.2) is 11.5 Å². The van der Waals surface area contributed by atoms with Crippen LogP contribution >= 0.6 is 0 Å². The minimum absolute atomic E-state index is 0.219. The summed E-state index contributed by atoms with van der Waals surface area (Å²) in [7, 11) is 0. The molecule has 1 rings (SSSR count). The third-order valence-electron chi connectivity index (χ3n) is 2.14. The lowest BCUT2D eigenvalue weighted by molar-refractivity contribution is 0.100. The van der Waals surface area contributed by atoms with Gasteiger partial charge in [0.05, 0.1) is 0 Å². The highest BCUT2D eigenvalue weighted by Gasteiger charge is 2.10. The molecular formula is C10H15N3O3. The fourth-order valence-electron chi connectivity index (χ4n) is 1.19. The number of Topliss-reactive ketones (excluding diaryl/α,β-unsaturated/α-hetero) is 1. The fourth-order valence-corrected chi connectivity index (χ4v) is 1.19. The highest BCUT2D eigenvalue weighted by molar-refractivity contribution is 5.91. The Bertz CT molecular complexity index is 499. The predicted octanol–water partition coefficient (Wildman–Crippen LogP) is 0.180. The number of rotatable bonds is 4. The van der Waals surface area contributed by atoms with Crippen LogP contribution in [0.15, 0.2) is 9.59 Å². The fraction of sp³-hybridized carbons (Fsp3) is 0.600. The van der Waals surface area contributed by atoms with Gasteiger partial charge < -0.3 is 0 Å². The Morgan fingerprint density at radius 3 is 2.56 bits per heavy atom. The summed E-state index contributed by atoms with van der Waals surface area (Å²) in [5.41, 5.74) is -1.52. The molecule has 0 fully saturated rings. The molecule has 6 nitrogen and oxygen atoms in total. The van der Waals surface area contributed by atoms with Crippen molar-refractivity contribution in [2.75, 3.05) is 0 Å². The van der Waals surface area contributed by atoms with Crippen LogP contribution in [-0.4, -0.2) is 20.5 Å². The van der Waals surface area contributed by atoms with Crippen molar-refractivity contribution >= 4 is 5.78 Å². The number of aromatic nitrogens is 3. The summed E-state index contributed by atoms with van der Waals surface area (Å²) in [6, 6.07) is 0. The van der Waals surface area contributed by atoms with Gasteiger partial charge in [-0.2, -0.15) is 5.10 Å². The summed E-state index contributed by atoms with van der Waals surface area (Å²) in [6.07, 6.45) is 0.760. The molecule has 1 N–H and O–H groups in total. The molecule has 0 spiro atoms. The van der Waals surface area contributed by atoms with Crippen molar-refractivity contribution in [3.05, 3.63) is 26.5 Å². The van der Waals surface area contributed by atoms with Crippen LogP contribution in [0.5, 0.6) is 0 Å².